The van der Waals surface area contributed by atoms with Crippen molar-refractivity contribution < 1.29 is 8.78 Å². The maximum atomic E-state index is 14.8. The Hall–Kier alpha value is -4.06. The van der Waals surface area contributed by atoms with Gasteiger partial charge in [-0.05, 0) is 32.0 Å². The van der Waals surface area contributed by atoms with Gasteiger partial charge in [0.2, 0.25) is 0 Å². The van der Waals surface area contributed by atoms with Crippen molar-refractivity contribution in [1.82, 2.24) is 14.5 Å². The van der Waals surface area contributed by atoms with Gasteiger partial charge in [0.1, 0.15) is 28.9 Å². The molecule has 0 spiro atoms. The highest BCUT2D eigenvalue weighted by atomic mass is 19.1. The van der Waals surface area contributed by atoms with Gasteiger partial charge >= 0.3 is 0 Å². The molecule has 7 nitrogen and oxygen atoms in total. The van der Waals surface area contributed by atoms with Gasteiger partial charge in [-0.15, -0.1) is 0 Å². The number of hydrogen-bond donors (Lipinski definition) is 0. The molecule has 3 aromatic heterocycles. The van der Waals surface area contributed by atoms with E-state index in [1.807, 2.05) is 13.8 Å². The summed E-state index contributed by atoms with van der Waals surface area (Å²) in [6.45, 7) is 5.11. The fourth-order valence-electron chi connectivity index (χ4n) is 4.82. The summed E-state index contributed by atoms with van der Waals surface area (Å²) in [6, 6.07) is 10.7. The molecule has 1 aliphatic rings. The van der Waals surface area contributed by atoms with Gasteiger partial charge in [-0.25, -0.2) is 13.8 Å². The predicted octanol–water partition coefficient (Wildman–Crippen LogP) is 3.74. The molecule has 0 unspecified atom stereocenters. The Kier molecular flexibility index (Phi) is 5.16. The molecule has 1 aromatic carbocycles. The molecule has 0 saturated carbocycles. The first-order chi connectivity index (χ1) is 16.3. The lowest BCUT2D eigenvalue weighted by molar-refractivity contribution is 0.482. The van der Waals surface area contributed by atoms with Crippen LogP contribution in [0.15, 0.2) is 47.4 Å². The Morgan fingerprint density at radius 2 is 1.74 bits per heavy atom. The zero-order valence-corrected chi connectivity index (χ0v) is 19.0. The SMILES string of the molecule is C[C@@H]1CN(c2cc(=O)n(C)c3ccc(C#N)nc23)[C@@H](C)CN1c1ccnc2cc(F)cc(F)c12. The summed E-state index contributed by atoms with van der Waals surface area (Å²) in [4.78, 5) is 25.5. The van der Waals surface area contributed by atoms with Crippen LogP contribution in [0.25, 0.3) is 21.9 Å². The number of pyridine rings is 3. The molecular weight excluding hydrogens is 438 g/mol. The van der Waals surface area contributed by atoms with E-state index in [4.69, 9.17) is 0 Å². The molecule has 0 radical (unpaired) electrons. The van der Waals surface area contributed by atoms with Crippen molar-refractivity contribution in [3.8, 4) is 6.07 Å². The van der Waals surface area contributed by atoms with Crippen molar-refractivity contribution in [3.63, 3.8) is 0 Å². The highest BCUT2D eigenvalue weighted by Crippen LogP contribution is 2.34. The van der Waals surface area contributed by atoms with Crippen molar-refractivity contribution in [2.24, 2.45) is 7.05 Å². The minimum atomic E-state index is -0.664. The van der Waals surface area contributed by atoms with E-state index < -0.39 is 11.6 Å². The number of nitriles is 1. The van der Waals surface area contributed by atoms with Gasteiger partial charge in [0, 0.05) is 56.6 Å². The molecule has 0 aliphatic carbocycles. The minimum absolute atomic E-state index is 0.0641. The van der Waals surface area contributed by atoms with Crippen LogP contribution < -0.4 is 15.4 Å². The average molecular weight is 460 g/mol. The van der Waals surface area contributed by atoms with Crippen LogP contribution in [0, 0.1) is 23.0 Å². The van der Waals surface area contributed by atoms with E-state index in [-0.39, 0.29) is 34.2 Å². The normalized spacial score (nSPS) is 18.5. The highest BCUT2D eigenvalue weighted by Gasteiger charge is 2.32. The first-order valence-corrected chi connectivity index (χ1v) is 11.0. The molecule has 4 aromatic rings. The lowest BCUT2D eigenvalue weighted by Gasteiger charge is -2.46. The Labute approximate surface area is 194 Å². The maximum Gasteiger partial charge on any atom is 0.252 e. The second-order valence-corrected chi connectivity index (χ2v) is 8.72. The maximum absolute atomic E-state index is 14.8. The molecule has 172 valence electrons. The Morgan fingerprint density at radius 1 is 1.03 bits per heavy atom. The smallest absolute Gasteiger partial charge is 0.252 e. The van der Waals surface area contributed by atoms with Crippen LogP contribution in [-0.4, -0.2) is 39.7 Å². The van der Waals surface area contributed by atoms with Gasteiger partial charge < -0.3 is 14.4 Å². The number of aromatic nitrogens is 3. The molecule has 1 saturated heterocycles. The molecule has 9 heteroatoms. The highest BCUT2D eigenvalue weighted by molar-refractivity contribution is 5.93. The fourth-order valence-corrected chi connectivity index (χ4v) is 4.82. The summed E-state index contributed by atoms with van der Waals surface area (Å²) in [5.74, 6) is -1.31. The van der Waals surface area contributed by atoms with E-state index in [0.29, 0.717) is 35.5 Å². The summed E-state index contributed by atoms with van der Waals surface area (Å²) < 4.78 is 30.0. The largest absolute Gasteiger partial charge is 0.364 e. The van der Waals surface area contributed by atoms with Gasteiger partial charge in [-0.2, -0.15) is 5.26 Å². The molecule has 0 N–H and O–H groups in total. The number of benzene rings is 1. The Balaban J connectivity index is 1.58. The number of aryl methyl sites for hydroxylation is 1. The van der Waals surface area contributed by atoms with E-state index in [1.54, 1.807) is 37.5 Å². The van der Waals surface area contributed by atoms with Gasteiger partial charge in [0.05, 0.1) is 27.8 Å². The van der Waals surface area contributed by atoms with Gasteiger partial charge in [-0.1, -0.05) is 0 Å². The molecular formula is C25H22F2N6O. The molecule has 0 amide bonds. The van der Waals surface area contributed by atoms with Gasteiger partial charge in [0.25, 0.3) is 5.56 Å². The number of halogens is 2. The number of fused-ring (bicyclic) bond motifs is 2. The van der Waals surface area contributed by atoms with E-state index in [2.05, 4.69) is 25.8 Å². The molecule has 2 atom stereocenters. The van der Waals surface area contributed by atoms with Crippen LogP contribution in [0.1, 0.15) is 19.5 Å². The predicted molar refractivity (Wildman–Crippen MR) is 127 cm³/mol. The quantitative estimate of drug-likeness (QED) is 0.454. The molecule has 4 heterocycles. The van der Waals surface area contributed by atoms with E-state index in [9.17, 15) is 18.8 Å². The van der Waals surface area contributed by atoms with E-state index >= 15 is 0 Å². The Morgan fingerprint density at radius 3 is 2.44 bits per heavy atom. The van der Waals surface area contributed by atoms with E-state index in [1.165, 1.54) is 10.6 Å². The van der Waals surface area contributed by atoms with Gasteiger partial charge in [-0.3, -0.25) is 9.78 Å². The first-order valence-electron chi connectivity index (χ1n) is 11.0. The molecule has 1 fully saturated rings. The molecule has 5 rings (SSSR count). The topological polar surface area (TPSA) is 78.0 Å². The molecule has 1 aliphatic heterocycles. The molecule has 34 heavy (non-hydrogen) atoms. The van der Waals surface area contributed by atoms with Crippen LogP contribution in [-0.2, 0) is 7.05 Å². The van der Waals surface area contributed by atoms with Crippen LogP contribution in [0.4, 0.5) is 20.2 Å². The van der Waals surface area contributed by atoms with Crippen molar-refractivity contribution in [3.05, 3.63) is 70.3 Å². The number of nitrogens with zero attached hydrogens (tertiary/aromatic N) is 6. The number of rotatable bonds is 2. The minimum Gasteiger partial charge on any atom is -0.364 e. The van der Waals surface area contributed by atoms with Crippen molar-refractivity contribution in [2.45, 2.75) is 25.9 Å². The molecule has 0 bridgehead atoms. The average Bonchev–Trinajstić information content (AvgIpc) is 2.81. The third-order valence-electron chi connectivity index (χ3n) is 6.52. The zero-order valence-electron chi connectivity index (χ0n) is 19.0. The van der Waals surface area contributed by atoms with Crippen LogP contribution in [0.3, 0.4) is 0 Å². The summed E-state index contributed by atoms with van der Waals surface area (Å²) in [6.07, 6.45) is 1.56. The lowest BCUT2D eigenvalue weighted by atomic mass is 10.0. The zero-order chi connectivity index (χ0) is 24.1. The lowest BCUT2D eigenvalue weighted by Crippen LogP contribution is -2.57. The van der Waals surface area contributed by atoms with E-state index in [0.717, 1.165) is 6.07 Å². The van der Waals surface area contributed by atoms with Crippen LogP contribution in [0.2, 0.25) is 0 Å². The van der Waals surface area contributed by atoms with Gasteiger partial charge in [0.15, 0.2) is 0 Å². The second-order valence-electron chi connectivity index (χ2n) is 8.72. The van der Waals surface area contributed by atoms with Crippen LogP contribution in [0.5, 0.6) is 0 Å². The Bertz CT molecular complexity index is 1540. The summed E-state index contributed by atoms with van der Waals surface area (Å²) in [7, 11) is 1.68. The second kappa shape index (κ2) is 8.06. The third-order valence-corrected chi connectivity index (χ3v) is 6.52. The van der Waals surface area contributed by atoms with Crippen molar-refractivity contribution in [2.75, 3.05) is 22.9 Å². The number of anilines is 2. The standard InChI is InChI=1S/C25H22F2N6O/c1-14-13-33(22-10-23(34)31(3)21-5-4-17(11-28)30-25(21)22)15(2)12-32(14)20-6-7-29-19-9-16(26)8-18(27)24(19)20/h4-10,14-15H,12-13H2,1-3H3/t14-,15+/m1/s1. The summed E-state index contributed by atoms with van der Waals surface area (Å²) in [5.41, 5.74) is 2.93. The van der Waals surface area contributed by atoms with Crippen molar-refractivity contribution in [1.29, 1.82) is 5.26 Å². The summed E-state index contributed by atoms with van der Waals surface area (Å²) in [5, 5.41) is 9.63. The third kappa shape index (κ3) is 3.43. The monoisotopic (exact) mass is 460 g/mol. The number of piperazine rings is 1. The van der Waals surface area contributed by atoms with Crippen LogP contribution >= 0.6 is 0 Å². The summed E-state index contributed by atoms with van der Waals surface area (Å²) >= 11 is 0. The number of hydrogen-bond acceptors (Lipinski definition) is 6. The van der Waals surface area contributed by atoms with Crippen molar-refractivity contribution >= 4 is 33.3 Å². The first kappa shape index (κ1) is 21.8. The fraction of sp³-hybridized carbons (Fsp3) is 0.280.